The third-order valence-electron chi connectivity index (χ3n) is 9.03. The first-order chi connectivity index (χ1) is 21.0. The average Bonchev–Trinajstić information content (AvgIpc) is 3.48. The summed E-state index contributed by atoms with van der Waals surface area (Å²) < 4.78 is 23.7. The van der Waals surface area contributed by atoms with E-state index in [0.717, 1.165) is 42.6 Å². The second-order valence-electron chi connectivity index (χ2n) is 11.8. The number of furan rings is 1. The number of nitriles is 1. The molecule has 2 aromatic heterocycles. The Morgan fingerprint density at radius 3 is 2.63 bits per heavy atom. The summed E-state index contributed by atoms with van der Waals surface area (Å²) in [4.78, 5) is 20.0. The second-order valence-corrected chi connectivity index (χ2v) is 11.8. The van der Waals surface area contributed by atoms with Crippen molar-refractivity contribution in [3.05, 3.63) is 65.9 Å². The lowest BCUT2D eigenvalue weighted by atomic mass is 9.66. The Balaban J connectivity index is 1.15. The van der Waals surface area contributed by atoms with E-state index in [9.17, 15) is 10.1 Å². The topological polar surface area (TPSA) is 110 Å². The highest BCUT2D eigenvalue weighted by Gasteiger charge is 2.46. The predicted molar refractivity (Wildman–Crippen MR) is 161 cm³/mol. The number of hydrogen-bond donors (Lipinski definition) is 1. The zero-order valence-corrected chi connectivity index (χ0v) is 24.3. The molecule has 3 fully saturated rings. The largest absolute Gasteiger partial charge is 0.496 e. The van der Waals surface area contributed by atoms with Gasteiger partial charge in [0.1, 0.15) is 34.9 Å². The van der Waals surface area contributed by atoms with E-state index in [4.69, 9.17) is 18.6 Å². The minimum absolute atomic E-state index is 0.0410. The number of methoxy groups -OCH3 is 1. The molecule has 7 rings (SSSR count). The number of hydrogen-bond acceptors (Lipinski definition) is 8. The molecule has 4 heterocycles. The molecule has 1 N–H and O–H groups in total. The second kappa shape index (κ2) is 11.4. The molecule has 2 aliphatic heterocycles. The van der Waals surface area contributed by atoms with Crippen molar-refractivity contribution in [3.8, 4) is 40.0 Å². The molecule has 3 aliphatic rings. The quantitative estimate of drug-likeness (QED) is 0.316. The Morgan fingerprint density at radius 2 is 1.86 bits per heavy atom. The molecule has 1 aliphatic carbocycles. The Morgan fingerprint density at radius 1 is 1.05 bits per heavy atom. The SMILES string of the molecule is COc1cc(C(=O)N[C@@H]2[C@@H]3C[C@H]2CN(C)C3)ccc1-c1cc2nccc(-c3ccc(OC4CCOCC4)c(C#N)c3)c2o1. The number of pyridine rings is 1. The Hall–Kier alpha value is -4.39. The molecule has 2 bridgehead atoms. The molecule has 0 radical (unpaired) electrons. The highest BCUT2D eigenvalue weighted by atomic mass is 16.5. The van der Waals surface area contributed by atoms with Gasteiger partial charge in [-0.1, -0.05) is 6.07 Å². The molecule has 4 aromatic rings. The van der Waals surface area contributed by atoms with E-state index >= 15 is 0 Å². The number of nitrogens with zero attached hydrogens (tertiary/aromatic N) is 3. The molecule has 9 nitrogen and oxygen atoms in total. The van der Waals surface area contributed by atoms with Crippen LogP contribution in [0.3, 0.4) is 0 Å². The van der Waals surface area contributed by atoms with Crippen LogP contribution in [-0.2, 0) is 4.74 Å². The van der Waals surface area contributed by atoms with Crippen molar-refractivity contribution in [3.63, 3.8) is 0 Å². The molecule has 1 saturated carbocycles. The number of aromatic nitrogens is 1. The van der Waals surface area contributed by atoms with E-state index in [0.29, 0.717) is 64.5 Å². The number of ether oxygens (including phenoxy) is 3. The Kier molecular flexibility index (Phi) is 7.25. The van der Waals surface area contributed by atoms with Crippen molar-refractivity contribution < 1.29 is 23.4 Å². The summed E-state index contributed by atoms with van der Waals surface area (Å²) in [6.45, 7) is 3.39. The molecular formula is C34H34N4O5. The van der Waals surface area contributed by atoms with E-state index in [-0.39, 0.29) is 18.1 Å². The Labute approximate surface area is 250 Å². The summed E-state index contributed by atoms with van der Waals surface area (Å²) >= 11 is 0. The summed E-state index contributed by atoms with van der Waals surface area (Å²) in [7, 11) is 3.73. The van der Waals surface area contributed by atoms with Gasteiger partial charge < -0.3 is 28.8 Å². The maximum Gasteiger partial charge on any atom is 0.251 e. The van der Waals surface area contributed by atoms with E-state index in [1.54, 1.807) is 19.4 Å². The third kappa shape index (κ3) is 5.22. The fraction of sp³-hybridized carbons (Fsp3) is 0.382. The monoisotopic (exact) mass is 578 g/mol. The highest BCUT2D eigenvalue weighted by molar-refractivity contribution is 5.97. The number of amides is 1. The lowest BCUT2D eigenvalue weighted by molar-refractivity contribution is -0.000568. The van der Waals surface area contributed by atoms with Gasteiger partial charge in [0, 0.05) is 55.4 Å². The first-order valence-electron chi connectivity index (χ1n) is 14.9. The zero-order chi connectivity index (χ0) is 29.5. The van der Waals surface area contributed by atoms with Crippen LogP contribution in [0.1, 0.15) is 35.2 Å². The molecule has 2 aromatic carbocycles. The predicted octanol–water partition coefficient (Wildman–Crippen LogP) is 5.28. The van der Waals surface area contributed by atoms with Crippen LogP contribution in [0.25, 0.3) is 33.6 Å². The maximum atomic E-state index is 13.2. The lowest BCUT2D eigenvalue weighted by Gasteiger charge is -2.52. The van der Waals surface area contributed by atoms with Gasteiger partial charge in [-0.05, 0) is 67.3 Å². The van der Waals surface area contributed by atoms with E-state index in [2.05, 4.69) is 28.3 Å². The molecule has 3 atom stereocenters. The molecule has 1 amide bonds. The van der Waals surface area contributed by atoms with Gasteiger partial charge in [-0.2, -0.15) is 5.26 Å². The number of benzene rings is 2. The fourth-order valence-corrected chi connectivity index (χ4v) is 6.79. The van der Waals surface area contributed by atoms with Crippen LogP contribution in [0.5, 0.6) is 11.5 Å². The standard InChI is InChI=1S/C34H34N4O5/c1-38-18-23-14-24(19-38)32(23)37-34(39)21-3-5-27(30(15-21)40-2)31-16-28-33(43-31)26(7-10-36-28)20-4-6-29(22(13-20)17-35)42-25-8-11-41-12-9-25/h3-7,10,13,15-16,23-25,32H,8-9,11-12,14,18-19H2,1-2H3,(H,37,39)/t23-,24+,32-. The van der Waals surface area contributed by atoms with Gasteiger partial charge in [-0.25, -0.2) is 0 Å². The van der Waals surface area contributed by atoms with Crippen LogP contribution in [-0.4, -0.2) is 68.4 Å². The zero-order valence-electron chi connectivity index (χ0n) is 24.3. The van der Waals surface area contributed by atoms with Crippen LogP contribution >= 0.6 is 0 Å². The normalized spacial score (nSPS) is 22.0. The molecular weight excluding hydrogens is 544 g/mol. The van der Waals surface area contributed by atoms with Gasteiger partial charge in [0.05, 0.1) is 31.5 Å². The minimum Gasteiger partial charge on any atom is -0.496 e. The highest BCUT2D eigenvalue weighted by Crippen LogP contribution is 2.41. The average molecular weight is 579 g/mol. The van der Waals surface area contributed by atoms with Crippen LogP contribution in [0, 0.1) is 23.2 Å². The number of nitrogens with one attached hydrogen (secondary N) is 1. The van der Waals surface area contributed by atoms with Crippen molar-refractivity contribution in [2.24, 2.45) is 11.8 Å². The summed E-state index contributed by atoms with van der Waals surface area (Å²) in [6, 6.07) is 17.3. The van der Waals surface area contributed by atoms with Gasteiger partial charge in [-0.15, -0.1) is 0 Å². The van der Waals surface area contributed by atoms with Crippen LogP contribution in [0.4, 0.5) is 0 Å². The molecule has 0 unspecified atom stereocenters. The first-order valence-corrected chi connectivity index (χ1v) is 14.9. The van der Waals surface area contributed by atoms with Crippen LogP contribution < -0.4 is 14.8 Å². The third-order valence-corrected chi connectivity index (χ3v) is 9.03. The number of likely N-dealkylation sites (tertiary alicyclic amines) is 1. The minimum atomic E-state index is -0.0831. The molecule has 0 spiro atoms. The molecule has 220 valence electrons. The molecule has 9 heteroatoms. The van der Waals surface area contributed by atoms with Crippen LogP contribution in [0.15, 0.2) is 59.1 Å². The van der Waals surface area contributed by atoms with E-state index in [1.807, 2.05) is 42.5 Å². The van der Waals surface area contributed by atoms with Crippen molar-refractivity contribution in [1.82, 2.24) is 15.2 Å². The number of piperidine rings is 2. The fourth-order valence-electron chi connectivity index (χ4n) is 6.79. The molecule has 2 saturated heterocycles. The number of fused-ring (bicyclic) bond motifs is 3. The van der Waals surface area contributed by atoms with Crippen LogP contribution in [0.2, 0.25) is 0 Å². The number of rotatable bonds is 7. The lowest BCUT2D eigenvalue weighted by Crippen LogP contribution is -2.63. The Bertz CT molecular complexity index is 1710. The van der Waals surface area contributed by atoms with Gasteiger partial charge in [0.25, 0.3) is 5.91 Å². The van der Waals surface area contributed by atoms with E-state index < -0.39 is 0 Å². The number of carbonyl (C=O) groups is 1. The summed E-state index contributed by atoms with van der Waals surface area (Å²) in [5, 5.41) is 13.1. The maximum absolute atomic E-state index is 13.2. The van der Waals surface area contributed by atoms with Gasteiger partial charge in [0.15, 0.2) is 5.58 Å². The first kappa shape index (κ1) is 27.4. The summed E-state index contributed by atoms with van der Waals surface area (Å²) in [6.07, 6.45) is 4.57. The van der Waals surface area contributed by atoms with Crippen molar-refractivity contribution in [2.45, 2.75) is 31.4 Å². The number of carbonyl (C=O) groups excluding carboxylic acids is 1. The van der Waals surface area contributed by atoms with Gasteiger partial charge >= 0.3 is 0 Å². The molecule has 43 heavy (non-hydrogen) atoms. The van der Waals surface area contributed by atoms with Crippen molar-refractivity contribution in [1.29, 1.82) is 5.26 Å². The summed E-state index contributed by atoms with van der Waals surface area (Å²) in [5.41, 5.74) is 4.67. The van der Waals surface area contributed by atoms with Gasteiger partial charge in [-0.3, -0.25) is 9.78 Å². The smallest absolute Gasteiger partial charge is 0.251 e. The van der Waals surface area contributed by atoms with Crippen molar-refractivity contribution >= 4 is 17.0 Å². The van der Waals surface area contributed by atoms with Crippen molar-refractivity contribution in [2.75, 3.05) is 40.5 Å². The van der Waals surface area contributed by atoms with E-state index in [1.165, 1.54) is 6.42 Å². The van der Waals surface area contributed by atoms with Gasteiger partial charge in [0.2, 0.25) is 0 Å². The summed E-state index contributed by atoms with van der Waals surface area (Å²) in [5.74, 6) is 2.65.